The normalized spacial score (nSPS) is 12.7. The highest BCUT2D eigenvalue weighted by Crippen LogP contribution is 2.23. The van der Waals surface area contributed by atoms with E-state index in [1.807, 2.05) is 19.9 Å². The largest absolute Gasteiger partial charge is 0.385 e. The lowest BCUT2D eigenvalue weighted by Gasteiger charge is -2.08. The van der Waals surface area contributed by atoms with Crippen LogP contribution in [0.15, 0.2) is 12.3 Å². The zero-order valence-electron chi connectivity index (χ0n) is 12.3. The van der Waals surface area contributed by atoms with Gasteiger partial charge in [0.05, 0.1) is 13.2 Å². The number of aliphatic hydroxyl groups excluding tert-OH is 1. The van der Waals surface area contributed by atoms with Crippen LogP contribution in [-0.4, -0.2) is 38.6 Å². The number of methoxy groups -OCH3 is 1. The van der Waals surface area contributed by atoms with Gasteiger partial charge >= 0.3 is 0 Å². The zero-order chi connectivity index (χ0) is 14.7. The standard InChI is InChI=1S/C14H20N4O2/c1-9-7-10(2)15-8-12(9)14-16-13(11(3)19)17-18(14)5-6-20-4/h7-8,11,19H,5-6H2,1-4H3. The molecule has 0 bridgehead atoms. The molecule has 2 aromatic heterocycles. The van der Waals surface area contributed by atoms with E-state index in [1.165, 1.54) is 0 Å². The molecule has 6 heteroatoms. The van der Waals surface area contributed by atoms with Crippen LogP contribution in [-0.2, 0) is 11.3 Å². The van der Waals surface area contributed by atoms with E-state index in [0.29, 0.717) is 24.8 Å². The molecule has 108 valence electrons. The summed E-state index contributed by atoms with van der Waals surface area (Å²) in [6, 6.07) is 2.01. The van der Waals surface area contributed by atoms with Crippen LogP contribution in [0.2, 0.25) is 0 Å². The van der Waals surface area contributed by atoms with E-state index in [-0.39, 0.29) is 0 Å². The molecule has 0 aliphatic heterocycles. The molecule has 0 aliphatic carbocycles. The molecule has 2 rings (SSSR count). The fourth-order valence-electron chi connectivity index (χ4n) is 2.00. The molecule has 0 amide bonds. The van der Waals surface area contributed by atoms with Gasteiger partial charge in [0.15, 0.2) is 11.6 Å². The molecule has 6 nitrogen and oxygen atoms in total. The van der Waals surface area contributed by atoms with Gasteiger partial charge in [-0.15, -0.1) is 0 Å². The molecular weight excluding hydrogens is 256 g/mol. The number of hydrogen-bond acceptors (Lipinski definition) is 5. The molecule has 0 aromatic carbocycles. The quantitative estimate of drug-likeness (QED) is 0.899. The van der Waals surface area contributed by atoms with Gasteiger partial charge in [-0.2, -0.15) is 5.10 Å². The molecule has 1 N–H and O–H groups in total. The van der Waals surface area contributed by atoms with Gasteiger partial charge in [-0.3, -0.25) is 4.98 Å². The van der Waals surface area contributed by atoms with Crippen molar-refractivity contribution in [2.45, 2.75) is 33.4 Å². The molecule has 0 aliphatic rings. The minimum absolute atomic E-state index is 0.413. The third-order valence-corrected chi connectivity index (χ3v) is 3.06. The van der Waals surface area contributed by atoms with Gasteiger partial charge in [0.2, 0.25) is 0 Å². The Hall–Kier alpha value is -1.79. The van der Waals surface area contributed by atoms with Crippen LogP contribution in [0.4, 0.5) is 0 Å². The van der Waals surface area contributed by atoms with Crippen LogP contribution in [0.5, 0.6) is 0 Å². The highest BCUT2D eigenvalue weighted by molar-refractivity contribution is 5.59. The Morgan fingerprint density at radius 1 is 1.40 bits per heavy atom. The Balaban J connectivity index is 2.47. The predicted octanol–water partition coefficient (Wildman–Crippen LogP) is 1.66. The number of ether oxygens (including phenoxy) is 1. The monoisotopic (exact) mass is 276 g/mol. The van der Waals surface area contributed by atoms with E-state index in [0.717, 1.165) is 16.8 Å². The Morgan fingerprint density at radius 3 is 2.75 bits per heavy atom. The van der Waals surface area contributed by atoms with Gasteiger partial charge in [0.1, 0.15) is 6.10 Å². The molecule has 0 saturated heterocycles. The van der Waals surface area contributed by atoms with Crippen molar-refractivity contribution >= 4 is 0 Å². The number of pyridine rings is 1. The minimum atomic E-state index is -0.698. The van der Waals surface area contributed by atoms with E-state index in [2.05, 4.69) is 15.1 Å². The van der Waals surface area contributed by atoms with Crippen LogP contribution in [0, 0.1) is 13.8 Å². The van der Waals surface area contributed by atoms with E-state index in [1.54, 1.807) is 24.9 Å². The molecule has 1 atom stereocenters. The van der Waals surface area contributed by atoms with Gasteiger partial charge in [0.25, 0.3) is 0 Å². The third kappa shape index (κ3) is 3.02. The maximum absolute atomic E-state index is 9.66. The van der Waals surface area contributed by atoms with E-state index < -0.39 is 6.10 Å². The number of hydrogen-bond donors (Lipinski definition) is 1. The molecule has 0 saturated carbocycles. The topological polar surface area (TPSA) is 73.1 Å². The number of aryl methyl sites for hydroxylation is 2. The average Bonchev–Trinajstić information content (AvgIpc) is 2.80. The van der Waals surface area contributed by atoms with Crippen molar-refractivity contribution < 1.29 is 9.84 Å². The first-order valence-electron chi connectivity index (χ1n) is 6.58. The molecule has 2 heterocycles. The summed E-state index contributed by atoms with van der Waals surface area (Å²) in [6.07, 6.45) is 1.10. The van der Waals surface area contributed by atoms with Crippen molar-refractivity contribution in [2.75, 3.05) is 13.7 Å². The maximum atomic E-state index is 9.66. The SMILES string of the molecule is COCCn1nc(C(C)O)nc1-c1cnc(C)cc1C. The maximum Gasteiger partial charge on any atom is 0.179 e. The lowest BCUT2D eigenvalue weighted by molar-refractivity contribution is 0.178. The Bertz CT molecular complexity index is 593. The average molecular weight is 276 g/mol. The Morgan fingerprint density at radius 2 is 2.15 bits per heavy atom. The Kier molecular flexibility index (Phi) is 4.46. The van der Waals surface area contributed by atoms with Crippen LogP contribution in [0.1, 0.15) is 30.1 Å². The van der Waals surface area contributed by atoms with Crippen molar-refractivity contribution in [3.05, 3.63) is 29.3 Å². The fraction of sp³-hybridized carbons (Fsp3) is 0.500. The number of nitrogens with zero attached hydrogens (tertiary/aromatic N) is 4. The summed E-state index contributed by atoms with van der Waals surface area (Å²) in [5.41, 5.74) is 2.97. The van der Waals surface area contributed by atoms with E-state index in [9.17, 15) is 5.11 Å². The highest BCUT2D eigenvalue weighted by Gasteiger charge is 2.16. The summed E-state index contributed by atoms with van der Waals surface area (Å²) in [6.45, 7) is 6.74. The van der Waals surface area contributed by atoms with Gasteiger partial charge in [-0.05, 0) is 32.4 Å². The van der Waals surface area contributed by atoms with E-state index in [4.69, 9.17) is 4.74 Å². The molecule has 1 unspecified atom stereocenters. The van der Waals surface area contributed by atoms with Gasteiger partial charge in [-0.1, -0.05) is 0 Å². The summed E-state index contributed by atoms with van der Waals surface area (Å²) in [5.74, 6) is 1.12. The first kappa shape index (κ1) is 14.6. The molecule has 20 heavy (non-hydrogen) atoms. The number of aromatic nitrogens is 4. The first-order valence-corrected chi connectivity index (χ1v) is 6.58. The van der Waals surface area contributed by atoms with Gasteiger partial charge in [-0.25, -0.2) is 9.67 Å². The molecule has 0 spiro atoms. The lowest BCUT2D eigenvalue weighted by Crippen LogP contribution is -2.09. The summed E-state index contributed by atoms with van der Waals surface area (Å²) >= 11 is 0. The van der Waals surface area contributed by atoms with Crippen LogP contribution < -0.4 is 0 Å². The second kappa shape index (κ2) is 6.11. The van der Waals surface area contributed by atoms with Gasteiger partial charge in [0, 0.05) is 24.6 Å². The second-order valence-corrected chi connectivity index (χ2v) is 4.83. The van der Waals surface area contributed by atoms with Crippen LogP contribution in [0.25, 0.3) is 11.4 Å². The summed E-state index contributed by atoms with van der Waals surface area (Å²) in [5, 5.41) is 14.0. The molecule has 0 fully saturated rings. The van der Waals surface area contributed by atoms with E-state index >= 15 is 0 Å². The zero-order valence-corrected chi connectivity index (χ0v) is 12.3. The number of rotatable bonds is 5. The van der Waals surface area contributed by atoms with Crippen molar-refractivity contribution in [1.82, 2.24) is 19.7 Å². The van der Waals surface area contributed by atoms with Crippen LogP contribution in [0.3, 0.4) is 0 Å². The van der Waals surface area contributed by atoms with Crippen molar-refractivity contribution in [3.63, 3.8) is 0 Å². The molecule has 0 radical (unpaired) electrons. The summed E-state index contributed by atoms with van der Waals surface area (Å²) < 4.78 is 6.84. The lowest BCUT2D eigenvalue weighted by atomic mass is 10.1. The fourth-order valence-corrected chi connectivity index (χ4v) is 2.00. The Labute approximate surface area is 118 Å². The van der Waals surface area contributed by atoms with Crippen LogP contribution >= 0.6 is 0 Å². The third-order valence-electron chi connectivity index (χ3n) is 3.06. The summed E-state index contributed by atoms with van der Waals surface area (Å²) in [4.78, 5) is 8.75. The molecule has 2 aromatic rings. The second-order valence-electron chi connectivity index (χ2n) is 4.83. The van der Waals surface area contributed by atoms with Gasteiger partial charge < -0.3 is 9.84 Å². The number of aliphatic hydroxyl groups is 1. The molecular formula is C14H20N4O2. The van der Waals surface area contributed by atoms with Crippen molar-refractivity contribution in [1.29, 1.82) is 0 Å². The van der Waals surface area contributed by atoms with Crippen molar-refractivity contribution in [3.8, 4) is 11.4 Å². The smallest absolute Gasteiger partial charge is 0.179 e. The minimum Gasteiger partial charge on any atom is -0.385 e. The highest BCUT2D eigenvalue weighted by atomic mass is 16.5. The summed E-state index contributed by atoms with van der Waals surface area (Å²) in [7, 11) is 1.64. The van der Waals surface area contributed by atoms with Crippen molar-refractivity contribution in [2.24, 2.45) is 0 Å². The predicted molar refractivity (Wildman–Crippen MR) is 75.2 cm³/mol. The first-order chi connectivity index (χ1) is 9.52.